The summed E-state index contributed by atoms with van der Waals surface area (Å²) in [6, 6.07) is 9.39. The second-order valence-corrected chi connectivity index (χ2v) is 6.69. The first-order chi connectivity index (χ1) is 11.2. The minimum atomic E-state index is -1.28. The summed E-state index contributed by atoms with van der Waals surface area (Å²) in [6.07, 6.45) is 1.69. The lowest BCUT2D eigenvalue weighted by atomic mass is 9.99. The molecule has 0 saturated carbocycles. The standard InChI is InChI=1S/C17H22N4O3/c1-16(2,3)24-15(23)20(5)17(4,12-22)14-11-21(19-18-14)13-9-7-6-8-10-13/h6-12H,1-5H3. The maximum atomic E-state index is 12.3. The van der Waals surface area contributed by atoms with Crippen molar-refractivity contribution >= 4 is 12.4 Å². The highest BCUT2D eigenvalue weighted by atomic mass is 16.6. The summed E-state index contributed by atoms with van der Waals surface area (Å²) < 4.78 is 6.89. The molecule has 0 fully saturated rings. The van der Waals surface area contributed by atoms with Gasteiger partial charge in [-0.3, -0.25) is 4.90 Å². The van der Waals surface area contributed by atoms with Gasteiger partial charge in [-0.15, -0.1) is 5.10 Å². The zero-order chi connectivity index (χ0) is 18.0. The highest BCUT2D eigenvalue weighted by molar-refractivity contribution is 5.77. The fraction of sp³-hybridized carbons (Fsp3) is 0.412. The Kier molecular flexibility index (Phi) is 4.73. The van der Waals surface area contributed by atoms with Crippen LogP contribution in [0.15, 0.2) is 36.5 Å². The van der Waals surface area contributed by atoms with Crippen molar-refractivity contribution in [3.05, 3.63) is 42.2 Å². The van der Waals surface area contributed by atoms with Crippen LogP contribution in [0.3, 0.4) is 0 Å². The molecule has 2 rings (SSSR count). The highest BCUT2D eigenvalue weighted by Crippen LogP contribution is 2.25. The number of rotatable bonds is 4. The maximum absolute atomic E-state index is 12.3. The van der Waals surface area contributed by atoms with Gasteiger partial charge in [-0.05, 0) is 39.8 Å². The number of aromatic nitrogens is 3. The smallest absolute Gasteiger partial charge is 0.411 e. The number of amides is 1. The Morgan fingerprint density at radius 3 is 2.38 bits per heavy atom. The van der Waals surface area contributed by atoms with Crippen LogP contribution >= 0.6 is 0 Å². The van der Waals surface area contributed by atoms with Crippen molar-refractivity contribution < 1.29 is 14.3 Å². The zero-order valence-electron chi connectivity index (χ0n) is 14.6. The van der Waals surface area contributed by atoms with Crippen LogP contribution in [0.2, 0.25) is 0 Å². The van der Waals surface area contributed by atoms with E-state index in [4.69, 9.17) is 4.74 Å². The predicted octanol–water partition coefficient (Wildman–Crippen LogP) is 2.55. The average Bonchev–Trinajstić information content (AvgIpc) is 3.03. The van der Waals surface area contributed by atoms with Crippen molar-refractivity contribution in [2.75, 3.05) is 7.05 Å². The molecule has 0 aliphatic heterocycles. The largest absolute Gasteiger partial charge is 0.444 e. The van der Waals surface area contributed by atoms with Crippen molar-refractivity contribution in [3.8, 4) is 5.69 Å². The van der Waals surface area contributed by atoms with Gasteiger partial charge in [0.15, 0.2) is 6.29 Å². The average molecular weight is 330 g/mol. The summed E-state index contributed by atoms with van der Waals surface area (Å²) in [5.74, 6) is 0. The summed E-state index contributed by atoms with van der Waals surface area (Å²) in [5.41, 5.74) is -0.772. The molecule has 7 heteroatoms. The Hall–Kier alpha value is -2.70. The van der Waals surface area contributed by atoms with Crippen LogP contribution in [-0.2, 0) is 15.1 Å². The van der Waals surface area contributed by atoms with Gasteiger partial charge in [0, 0.05) is 7.05 Å². The van der Waals surface area contributed by atoms with Crippen LogP contribution in [0.1, 0.15) is 33.4 Å². The van der Waals surface area contributed by atoms with E-state index in [0.29, 0.717) is 12.0 Å². The molecule has 0 radical (unpaired) electrons. The third kappa shape index (κ3) is 3.61. The van der Waals surface area contributed by atoms with Crippen LogP contribution in [-0.4, -0.2) is 44.9 Å². The Morgan fingerprint density at radius 2 is 1.83 bits per heavy atom. The molecule has 1 unspecified atom stereocenters. The predicted molar refractivity (Wildman–Crippen MR) is 88.8 cm³/mol. The van der Waals surface area contributed by atoms with E-state index in [1.807, 2.05) is 30.3 Å². The molecule has 0 bridgehead atoms. The van der Waals surface area contributed by atoms with Crippen LogP contribution in [0.5, 0.6) is 0 Å². The number of hydrogen-bond acceptors (Lipinski definition) is 5. The van der Waals surface area contributed by atoms with Gasteiger partial charge in [-0.2, -0.15) is 0 Å². The Bertz CT molecular complexity index is 721. The molecule has 2 aromatic rings. The number of para-hydroxylation sites is 1. The minimum Gasteiger partial charge on any atom is -0.444 e. The van der Waals surface area contributed by atoms with E-state index in [9.17, 15) is 9.59 Å². The lowest BCUT2D eigenvalue weighted by Crippen LogP contribution is -2.48. The molecule has 0 spiro atoms. The van der Waals surface area contributed by atoms with Gasteiger partial charge in [0.05, 0.1) is 11.9 Å². The first-order valence-corrected chi connectivity index (χ1v) is 7.59. The van der Waals surface area contributed by atoms with Crippen molar-refractivity contribution in [3.63, 3.8) is 0 Å². The highest BCUT2D eigenvalue weighted by Gasteiger charge is 2.39. The molecule has 1 amide bonds. The number of hydrogen-bond donors (Lipinski definition) is 0. The molecule has 24 heavy (non-hydrogen) atoms. The molecule has 1 heterocycles. The van der Waals surface area contributed by atoms with E-state index in [2.05, 4.69) is 10.3 Å². The number of benzene rings is 1. The number of nitrogens with zero attached hydrogens (tertiary/aromatic N) is 4. The van der Waals surface area contributed by atoms with Gasteiger partial charge in [0.1, 0.15) is 16.8 Å². The van der Waals surface area contributed by atoms with Crippen molar-refractivity contribution in [2.24, 2.45) is 0 Å². The molecule has 0 saturated heterocycles. The number of carbonyl (C=O) groups is 2. The third-order valence-electron chi connectivity index (χ3n) is 3.63. The summed E-state index contributed by atoms with van der Waals surface area (Å²) >= 11 is 0. The minimum absolute atomic E-state index is 0.356. The zero-order valence-corrected chi connectivity index (χ0v) is 14.6. The number of likely N-dealkylation sites (N-methyl/N-ethyl adjacent to an activating group) is 1. The van der Waals surface area contributed by atoms with Crippen molar-refractivity contribution in [2.45, 2.75) is 38.8 Å². The van der Waals surface area contributed by atoms with Gasteiger partial charge >= 0.3 is 6.09 Å². The Balaban J connectivity index is 2.31. The van der Waals surface area contributed by atoms with E-state index in [1.165, 1.54) is 11.9 Å². The molecule has 1 aromatic carbocycles. The number of carbonyl (C=O) groups excluding carboxylic acids is 2. The third-order valence-corrected chi connectivity index (χ3v) is 3.63. The van der Waals surface area contributed by atoms with Gasteiger partial charge in [0.2, 0.25) is 0 Å². The first kappa shape index (κ1) is 17.7. The molecule has 0 aliphatic rings. The lowest BCUT2D eigenvalue weighted by Gasteiger charge is -2.33. The van der Waals surface area contributed by atoms with Crippen LogP contribution < -0.4 is 0 Å². The molecule has 1 atom stereocenters. The van der Waals surface area contributed by atoms with Gasteiger partial charge in [0.25, 0.3) is 0 Å². The molecular formula is C17H22N4O3. The van der Waals surface area contributed by atoms with E-state index >= 15 is 0 Å². The molecule has 0 aliphatic carbocycles. The summed E-state index contributed by atoms with van der Waals surface area (Å²) in [7, 11) is 1.50. The summed E-state index contributed by atoms with van der Waals surface area (Å²) in [6.45, 7) is 6.90. The second kappa shape index (κ2) is 6.43. The molecule has 128 valence electrons. The monoisotopic (exact) mass is 330 g/mol. The Morgan fingerprint density at radius 1 is 1.21 bits per heavy atom. The molecule has 0 N–H and O–H groups in total. The van der Waals surface area contributed by atoms with E-state index in [0.717, 1.165) is 5.69 Å². The van der Waals surface area contributed by atoms with Crippen molar-refractivity contribution in [1.82, 2.24) is 19.9 Å². The topological polar surface area (TPSA) is 77.3 Å². The summed E-state index contributed by atoms with van der Waals surface area (Å²) in [5, 5.41) is 8.11. The lowest BCUT2D eigenvalue weighted by molar-refractivity contribution is -0.117. The number of ether oxygens (including phenoxy) is 1. The van der Waals surface area contributed by atoms with Crippen LogP contribution in [0.4, 0.5) is 4.79 Å². The first-order valence-electron chi connectivity index (χ1n) is 7.59. The maximum Gasteiger partial charge on any atom is 0.411 e. The fourth-order valence-corrected chi connectivity index (χ4v) is 2.03. The van der Waals surface area contributed by atoms with E-state index in [1.54, 1.807) is 38.6 Å². The van der Waals surface area contributed by atoms with Gasteiger partial charge < -0.3 is 9.53 Å². The van der Waals surface area contributed by atoms with Crippen molar-refractivity contribution in [1.29, 1.82) is 0 Å². The Labute approximate surface area is 141 Å². The summed E-state index contributed by atoms with van der Waals surface area (Å²) in [4.78, 5) is 25.3. The number of aldehydes is 1. The quantitative estimate of drug-likeness (QED) is 0.805. The van der Waals surface area contributed by atoms with Gasteiger partial charge in [-0.25, -0.2) is 9.48 Å². The molecular weight excluding hydrogens is 308 g/mol. The van der Waals surface area contributed by atoms with Gasteiger partial charge in [-0.1, -0.05) is 23.4 Å². The SMILES string of the molecule is CN(C(=O)OC(C)(C)C)C(C)(C=O)c1cn(-c2ccccc2)nn1. The fourth-order valence-electron chi connectivity index (χ4n) is 2.03. The second-order valence-electron chi connectivity index (χ2n) is 6.69. The molecule has 7 nitrogen and oxygen atoms in total. The normalized spacial score (nSPS) is 13.9. The van der Waals surface area contributed by atoms with Crippen LogP contribution in [0.25, 0.3) is 5.69 Å². The van der Waals surface area contributed by atoms with E-state index in [-0.39, 0.29) is 0 Å². The molecule has 1 aromatic heterocycles. The van der Waals surface area contributed by atoms with Crippen LogP contribution in [0, 0.1) is 0 Å². The van der Waals surface area contributed by atoms with E-state index < -0.39 is 17.2 Å².